The van der Waals surface area contributed by atoms with Gasteiger partial charge in [-0.2, -0.15) is 0 Å². The van der Waals surface area contributed by atoms with Gasteiger partial charge in [-0.15, -0.1) is 0 Å². The topological polar surface area (TPSA) is 12.0 Å². The lowest BCUT2D eigenvalue weighted by Gasteiger charge is -2.22. The maximum absolute atomic E-state index is 3.26. The van der Waals surface area contributed by atoms with Gasteiger partial charge in [0.2, 0.25) is 0 Å². The average molecular weight is 165 g/mol. The minimum atomic E-state index is 0.631. The highest BCUT2D eigenvalue weighted by Crippen LogP contribution is 2.26. The fourth-order valence-electron chi connectivity index (χ4n) is 1.61. The normalized spacial score (nSPS) is 17.5. The maximum atomic E-state index is 3.26. The van der Waals surface area contributed by atoms with Crippen LogP contribution >= 0.6 is 0 Å². The quantitative estimate of drug-likeness (QED) is 0.663. The molecule has 1 N–H and O–H groups in total. The van der Waals surface area contributed by atoms with Crippen molar-refractivity contribution < 1.29 is 0 Å². The van der Waals surface area contributed by atoms with Crippen LogP contribution in [0.5, 0.6) is 0 Å². The number of nitrogens with one attached hydrogen (secondary N) is 1. The first-order valence-corrected chi connectivity index (χ1v) is 4.76. The van der Waals surface area contributed by atoms with Crippen LogP contribution in [0.2, 0.25) is 0 Å². The van der Waals surface area contributed by atoms with Crippen molar-refractivity contribution >= 4 is 0 Å². The molecule has 0 aromatic heterocycles. The molecule has 0 saturated carbocycles. The molecular weight excluding hydrogens is 146 g/mol. The predicted molar refractivity (Wildman–Crippen MR) is 53.8 cm³/mol. The molecule has 0 saturated heterocycles. The van der Waals surface area contributed by atoms with Crippen molar-refractivity contribution in [2.45, 2.75) is 27.7 Å². The third kappa shape index (κ3) is 1.90. The van der Waals surface area contributed by atoms with Crippen LogP contribution in [-0.4, -0.2) is 6.54 Å². The zero-order valence-electron chi connectivity index (χ0n) is 8.52. The summed E-state index contributed by atoms with van der Waals surface area (Å²) in [5.41, 5.74) is 2.99. The lowest BCUT2D eigenvalue weighted by molar-refractivity contribution is 0.676. The van der Waals surface area contributed by atoms with Gasteiger partial charge >= 0.3 is 0 Å². The molecule has 0 unspecified atom stereocenters. The first kappa shape index (κ1) is 9.37. The summed E-state index contributed by atoms with van der Waals surface area (Å²) in [6, 6.07) is 0. The first-order chi connectivity index (χ1) is 5.63. The minimum Gasteiger partial charge on any atom is -0.387 e. The van der Waals surface area contributed by atoms with Gasteiger partial charge in [0.15, 0.2) is 0 Å². The van der Waals surface area contributed by atoms with Gasteiger partial charge in [-0.05, 0) is 23.0 Å². The number of allylic oxidation sites excluding steroid dienone is 2. The molecule has 0 aliphatic carbocycles. The Hall–Kier alpha value is -0.720. The lowest BCUT2D eigenvalue weighted by Crippen LogP contribution is -2.17. The van der Waals surface area contributed by atoms with Crippen molar-refractivity contribution in [3.05, 3.63) is 23.4 Å². The largest absolute Gasteiger partial charge is 0.387 e. The monoisotopic (exact) mass is 165 g/mol. The van der Waals surface area contributed by atoms with Gasteiger partial charge in [-0.3, -0.25) is 0 Å². The van der Waals surface area contributed by atoms with E-state index in [9.17, 15) is 0 Å². The van der Waals surface area contributed by atoms with Gasteiger partial charge in [0.1, 0.15) is 0 Å². The summed E-state index contributed by atoms with van der Waals surface area (Å²) in [4.78, 5) is 0. The number of hydrogen-bond donors (Lipinski definition) is 1. The van der Waals surface area contributed by atoms with Crippen LogP contribution in [0.4, 0.5) is 0 Å². The van der Waals surface area contributed by atoms with Crippen LogP contribution in [0.15, 0.2) is 23.4 Å². The van der Waals surface area contributed by atoms with Crippen LogP contribution in [0.25, 0.3) is 0 Å². The predicted octanol–water partition coefficient (Wildman–Crippen LogP) is 2.71. The van der Waals surface area contributed by atoms with Crippen LogP contribution < -0.4 is 5.32 Å². The molecule has 1 aliphatic heterocycles. The van der Waals surface area contributed by atoms with E-state index in [1.807, 2.05) is 0 Å². The van der Waals surface area contributed by atoms with E-state index in [4.69, 9.17) is 0 Å². The number of hydrogen-bond acceptors (Lipinski definition) is 1. The molecule has 0 bridgehead atoms. The van der Waals surface area contributed by atoms with Gasteiger partial charge in [0, 0.05) is 12.7 Å². The zero-order valence-corrected chi connectivity index (χ0v) is 8.52. The van der Waals surface area contributed by atoms with E-state index in [0.717, 1.165) is 6.54 Å². The van der Waals surface area contributed by atoms with E-state index >= 15 is 0 Å². The van der Waals surface area contributed by atoms with Crippen molar-refractivity contribution in [1.29, 1.82) is 0 Å². The molecule has 1 nitrogen and oxygen atoms in total. The first-order valence-electron chi connectivity index (χ1n) is 4.76. The fraction of sp³-hybridized carbons (Fsp3) is 0.636. The highest BCUT2D eigenvalue weighted by atomic mass is 14.8. The van der Waals surface area contributed by atoms with E-state index < -0.39 is 0 Å². The highest BCUT2D eigenvalue weighted by Gasteiger charge is 2.14. The third-order valence-corrected chi connectivity index (χ3v) is 2.27. The van der Waals surface area contributed by atoms with Crippen LogP contribution in [0, 0.1) is 11.8 Å². The fourth-order valence-corrected chi connectivity index (χ4v) is 1.61. The molecule has 0 spiro atoms. The van der Waals surface area contributed by atoms with Crippen molar-refractivity contribution in [3.63, 3.8) is 0 Å². The van der Waals surface area contributed by atoms with E-state index in [-0.39, 0.29) is 0 Å². The van der Waals surface area contributed by atoms with Gasteiger partial charge < -0.3 is 5.32 Å². The molecular formula is C11H19N. The second-order valence-electron chi connectivity index (χ2n) is 3.98. The molecule has 1 heteroatoms. The molecule has 1 heterocycles. The standard InChI is InChI=1S/C11H19N/c1-8(2)10-5-6-12-7-11(10)9(3)4/h5,7-9,12H,6H2,1-4H3. The lowest BCUT2D eigenvalue weighted by atomic mass is 9.87. The van der Waals surface area contributed by atoms with Gasteiger partial charge in [0.25, 0.3) is 0 Å². The molecule has 0 aromatic carbocycles. The molecule has 0 fully saturated rings. The van der Waals surface area contributed by atoms with Crippen molar-refractivity contribution in [2.24, 2.45) is 11.8 Å². The Morgan fingerprint density at radius 3 is 2.08 bits per heavy atom. The van der Waals surface area contributed by atoms with E-state index in [2.05, 4.69) is 45.3 Å². The Morgan fingerprint density at radius 1 is 1.08 bits per heavy atom. The van der Waals surface area contributed by atoms with E-state index in [0.29, 0.717) is 11.8 Å². The SMILES string of the molecule is CC(C)C1=CCNC=C1C(C)C. The molecule has 0 amide bonds. The average Bonchev–Trinajstić information content (AvgIpc) is 2.04. The zero-order chi connectivity index (χ0) is 9.14. The molecule has 0 radical (unpaired) electrons. The number of dihydropyridines is 1. The molecule has 0 atom stereocenters. The Labute approximate surface area is 75.6 Å². The van der Waals surface area contributed by atoms with Crippen LogP contribution in [0.3, 0.4) is 0 Å². The summed E-state index contributed by atoms with van der Waals surface area (Å²) >= 11 is 0. The molecule has 0 aromatic rings. The smallest absolute Gasteiger partial charge is 0.0331 e. The summed E-state index contributed by atoms with van der Waals surface area (Å²) in [5, 5.41) is 3.26. The Morgan fingerprint density at radius 2 is 1.67 bits per heavy atom. The summed E-state index contributed by atoms with van der Waals surface area (Å²) in [5.74, 6) is 1.28. The van der Waals surface area contributed by atoms with E-state index in [1.54, 1.807) is 0 Å². The van der Waals surface area contributed by atoms with Crippen LogP contribution in [-0.2, 0) is 0 Å². The second kappa shape index (κ2) is 3.79. The summed E-state index contributed by atoms with van der Waals surface area (Å²) in [6.07, 6.45) is 4.47. The molecule has 1 aliphatic rings. The molecule has 12 heavy (non-hydrogen) atoms. The van der Waals surface area contributed by atoms with Gasteiger partial charge in [-0.1, -0.05) is 33.8 Å². The highest BCUT2D eigenvalue weighted by molar-refractivity contribution is 5.35. The summed E-state index contributed by atoms with van der Waals surface area (Å²) in [7, 11) is 0. The van der Waals surface area contributed by atoms with Crippen LogP contribution in [0.1, 0.15) is 27.7 Å². The summed E-state index contributed by atoms with van der Waals surface area (Å²) in [6.45, 7) is 9.99. The minimum absolute atomic E-state index is 0.631. The van der Waals surface area contributed by atoms with Crippen molar-refractivity contribution in [1.82, 2.24) is 5.32 Å². The Kier molecular flexibility index (Phi) is 2.96. The van der Waals surface area contributed by atoms with Crippen molar-refractivity contribution in [2.75, 3.05) is 6.54 Å². The number of rotatable bonds is 2. The molecule has 1 rings (SSSR count). The Balaban J connectivity index is 2.83. The van der Waals surface area contributed by atoms with E-state index in [1.165, 1.54) is 11.1 Å². The second-order valence-corrected chi connectivity index (χ2v) is 3.98. The third-order valence-electron chi connectivity index (χ3n) is 2.27. The summed E-state index contributed by atoms with van der Waals surface area (Å²) < 4.78 is 0. The van der Waals surface area contributed by atoms with Gasteiger partial charge in [0.05, 0.1) is 0 Å². The molecule has 68 valence electrons. The van der Waals surface area contributed by atoms with Crippen molar-refractivity contribution in [3.8, 4) is 0 Å². The Bertz CT molecular complexity index is 185. The van der Waals surface area contributed by atoms with Gasteiger partial charge in [-0.25, -0.2) is 0 Å². The maximum Gasteiger partial charge on any atom is 0.0331 e.